The Bertz CT molecular complexity index is 1420. The Morgan fingerprint density at radius 1 is 1.13 bits per heavy atom. The average molecular weight is 646 g/mol. The summed E-state index contributed by atoms with van der Waals surface area (Å²) in [5, 5.41) is 8.16. The molecule has 13 heteroatoms. The first kappa shape index (κ1) is 33.5. The summed E-state index contributed by atoms with van der Waals surface area (Å²) in [6.45, 7) is 12.7. The van der Waals surface area contributed by atoms with Gasteiger partial charge in [-0.3, -0.25) is 4.79 Å². The van der Waals surface area contributed by atoms with Crippen LogP contribution in [0.15, 0.2) is 24.5 Å². The highest BCUT2D eigenvalue weighted by atomic mass is 32.2. The zero-order valence-corrected chi connectivity index (χ0v) is 27.9. The van der Waals surface area contributed by atoms with Gasteiger partial charge in [0.25, 0.3) is 11.8 Å². The SMILES string of the molecule is CCN(C(=O)c1cc(F)ccc1Oc1nncnc1N1CC[C@@H](CN2CCC3(CCC(NS(=O)(=O)CC)CC3)CC2)C1)C(C)C. The average Bonchev–Trinajstić information content (AvgIpc) is 3.49. The van der Waals surface area contributed by atoms with E-state index in [-0.39, 0.29) is 40.9 Å². The van der Waals surface area contributed by atoms with E-state index < -0.39 is 15.8 Å². The fraction of sp³-hybridized carbons (Fsp3) is 0.688. The summed E-state index contributed by atoms with van der Waals surface area (Å²) in [5.74, 6) is 0.770. The lowest BCUT2D eigenvalue weighted by molar-refractivity contribution is 0.0551. The number of rotatable bonds is 11. The first-order valence-electron chi connectivity index (χ1n) is 16.4. The van der Waals surface area contributed by atoms with Gasteiger partial charge in [0, 0.05) is 38.3 Å². The lowest BCUT2D eigenvalue weighted by Gasteiger charge is -2.46. The summed E-state index contributed by atoms with van der Waals surface area (Å²) in [5.41, 5.74) is 0.481. The van der Waals surface area contributed by atoms with Crippen LogP contribution in [0.5, 0.6) is 11.6 Å². The van der Waals surface area contributed by atoms with Gasteiger partial charge in [0.1, 0.15) is 17.9 Å². The van der Waals surface area contributed by atoms with Crippen molar-refractivity contribution in [1.82, 2.24) is 29.7 Å². The Balaban J connectivity index is 1.17. The van der Waals surface area contributed by atoms with Crippen LogP contribution in [0.4, 0.5) is 10.2 Å². The van der Waals surface area contributed by atoms with Crippen LogP contribution >= 0.6 is 0 Å². The summed E-state index contributed by atoms with van der Waals surface area (Å²) in [4.78, 5) is 24.2. The number of sulfonamides is 1. The van der Waals surface area contributed by atoms with Gasteiger partial charge in [-0.2, -0.15) is 0 Å². The molecule has 0 unspecified atom stereocenters. The number of amides is 1. The van der Waals surface area contributed by atoms with Crippen molar-refractivity contribution in [3.8, 4) is 11.6 Å². The smallest absolute Gasteiger partial charge is 0.282 e. The molecule has 1 saturated carbocycles. The zero-order valence-electron chi connectivity index (χ0n) is 27.0. The second-order valence-electron chi connectivity index (χ2n) is 13.2. The van der Waals surface area contributed by atoms with Crippen LogP contribution in [-0.4, -0.2) is 96.4 Å². The quantitative estimate of drug-likeness (QED) is 0.378. The molecule has 2 aromatic rings. The van der Waals surface area contributed by atoms with E-state index in [9.17, 15) is 17.6 Å². The van der Waals surface area contributed by atoms with E-state index in [1.165, 1.54) is 24.5 Å². The van der Waals surface area contributed by atoms with Crippen molar-refractivity contribution in [2.45, 2.75) is 84.7 Å². The van der Waals surface area contributed by atoms with E-state index in [0.717, 1.165) is 77.7 Å². The van der Waals surface area contributed by atoms with Crippen LogP contribution in [0.3, 0.4) is 0 Å². The minimum Gasteiger partial charge on any atom is -0.434 e. The number of nitrogens with one attached hydrogen (secondary N) is 1. The Labute approximate surface area is 267 Å². The Morgan fingerprint density at radius 2 is 1.87 bits per heavy atom. The van der Waals surface area contributed by atoms with E-state index >= 15 is 0 Å². The monoisotopic (exact) mass is 645 g/mol. The van der Waals surface area contributed by atoms with E-state index in [1.807, 2.05) is 20.8 Å². The van der Waals surface area contributed by atoms with Crippen LogP contribution < -0.4 is 14.4 Å². The molecule has 248 valence electrons. The topological polar surface area (TPSA) is 121 Å². The molecule has 3 heterocycles. The number of piperidine rings is 1. The molecule has 1 N–H and O–H groups in total. The van der Waals surface area contributed by atoms with Gasteiger partial charge in [0.15, 0.2) is 5.82 Å². The highest BCUT2D eigenvalue weighted by Gasteiger charge is 2.39. The fourth-order valence-electron chi connectivity index (χ4n) is 7.24. The van der Waals surface area contributed by atoms with Crippen LogP contribution in [0.2, 0.25) is 0 Å². The molecule has 45 heavy (non-hydrogen) atoms. The molecule has 1 aromatic carbocycles. The predicted molar refractivity (Wildman–Crippen MR) is 171 cm³/mol. The van der Waals surface area contributed by atoms with Crippen LogP contribution in [-0.2, 0) is 10.0 Å². The van der Waals surface area contributed by atoms with Crippen molar-refractivity contribution >= 4 is 21.7 Å². The summed E-state index contributed by atoms with van der Waals surface area (Å²) in [6, 6.07) is 3.97. The van der Waals surface area contributed by atoms with Gasteiger partial charge in [0.05, 0.1) is 11.3 Å². The third-order valence-corrected chi connectivity index (χ3v) is 11.4. The van der Waals surface area contributed by atoms with Crippen molar-refractivity contribution < 1.29 is 22.3 Å². The van der Waals surface area contributed by atoms with Crippen molar-refractivity contribution in [3.63, 3.8) is 0 Å². The summed E-state index contributed by atoms with van der Waals surface area (Å²) < 4.78 is 47.3. The molecule has 11 nitrogen and oxygen atoms in total. The molecule has 0 bridgehead atoms. The molecule has 5 rings (SSSR count). The number of ether oxygens (including phenoxy) is 1. The maximum absolute atomic E-state index is 14.3. The summed E-state index contributed by atoms with van der Waals surface area (Å²) >= 11 is 0. The highest BCUT2D eigenvalue weighted by molar-refractivity contribution is 7.89. The second-order valence-corrected chi connectivity index (χ2v) is 15.3. The minimum atomic E-state index is -3.15. The first-order chi connectivity index (χ1) is 21.5. The minimum absolute atomic E-state index is 0.0525. The molecule has 0 radical (unpaired) electrons. The number of benzene rings is 1. The maximum Gasteiger partial charge on any atom is 0.282 e. The molecule has 2 aliphatic heterocycles. The Kier molecular flexibility index (Phi) is 10.6. The number of nitrogens with zero attached hydrogens (tertiary/aromatic N) is 6. The van der Waals surface area contributed by atoms with Gasteiger partial charge in [-0.15, -0.1) is 10.2 Å². The molecule has 1 amide bonds. The third-order valence-electron chi connectivity index (χ3n) is 9.97. The molecule has 3 fully saturated rings. The molecule has 1 aromatic heterocycles. The predicted octanol–water partition coefficient (Wildman–Crippen LogP) is 4.46. The molecular formula is C32H48FN7O4S. The largest absolute Gasteiger partial charge is 0.434 e. The van der Waals surface area contributed by atoms with Gasteiger partial charge < -0.3 is 19.4 Å². The van der Waals surface area contributed by atoms with Gasteiger partial charge in [0.2, 0.25) is 10.0 Å². The van der Waals surface area contributed by atoms with Gasteiger partial charge in [-0.1, -0.05) is 0 Å². The lowest BCUT2D eigenvalue weighted by atomic mass is 9.67. The fourth-order valence-corrected chi connectivity index (χ4v) is 8.15. The lowest BCUT2D eigenvalue weighted by Crippen LogP contribution is -2.46. The number of hydrogen-bond donors (Lipinski definition) is 1. The molecule has 1 aliphatic carbocycles. The summed E-state index contributed by atoms with van der Waals surface area (Å²) in [7, 11) is -3.15. The van der Waals surface area contributed by atoms with Crippen molar-refractivity contribution in [1.29, 1.82) is 0 Å². The normalized spacial score (nSPS) is 21.0. The molecule has 1 spiro atoms. The van der Waals surface area contributed by atoms with Gasteiger partial charge in [-0.05, 0) is 115 Å². The number of hydrogen-bond acceptors (Lipinski definition) is 9. The number of anilines is 1. The zero-order chi connectivity index (χ0) is 32.2. The molecular weight excluding hydrogens is 597 g/mol. The number of carbonyl (C=O) groups excluding carboxylic acids is 1. The Hall–Kier alpha value is -2.90. The van der Waals surface area contributed by atoms with Gasteiger partial charge >= 0.3 is 0 Å². The molecule has 2 saturated heterocycles. The highest BCUT2D eigenvalue weighted by Crippen LogP contribution is 2.45. The van der Waals surface area contributed by atoms with E-state index in [2.05, 4.69) is 29.7 Å². The van der Waals surface area contributed by atoms with Crippen LogP contribution in [0.25, 0.3) is 0 Å². The van der Waals surface area contributed by atoms with Crippen molar-refractivity contribution in [3.05, 3.63) is 35.9 Å². The Morgan fingerprint density at radius 3 is 2.53 bits per heavy atom. The van der Waals surface area contributed by atoms with Crippen molar-refractivity contribution in [2.24, 2.45) is 11.3 Å². The van der Waals surface area contributed by atoms with Crippen LogP contribution in [0.1, 0.15) is 83.0 Å². The summed E-state index contributed by atoms with van der Waals surface area (Å²) in [6.07, 6.45) is 8.78. The number of carbonyl (C=O) groups is 1. The second kappa shape index (κ2) is 14.3. The standard InChI is InChI=1S/C32H48FN7O4S/c1-5-40(23(3)4)31(41)27-19-25(33)7-8-28(27)44-30-29(34-22-35-36-30)39-16-11-24(21-39)20-38-17-14-32(15-18-38)12-9-26(10-13-32)37-45(42,43)6-2/h7-8,19,22-24,26,37H,5-6,9-18,20-21H2,1-4H3/t24-/m0/s1. The number of halogens is 1. The third kappa shape index (κ3) is 8.10. The molecule has 3 aliphatic rings. The van der Waals surface area contributed by atoms with E-state index in [0.29, 0.717) is 23.7 Å². The number of aromatic nitrogens is 3. The van der Waals surface area contributed by atoms with E-state index in [1.54, 1.807) is 11.8 Å². The first-order valence-corrected chi connectivity index (χ1v) is 18.1. The van der Waals surface area contributed by atoms with Gasteiger partial charge in [-0.25, -0.2) is 22.5 Å². The maximum atomic E-state index is 14.3. The van der Waals surface area contributed by atoms with E-state index in [4.69, 9.17) is 4.74 Å². The molecule has 1 atom stereocenters. The van der Waals surface area contributed by atoms with Crippen molar-refractivity contribution in [2.75, 3.05) is 49.9 Å². The number of likely N-dealkylation sites (tertiary alicyclic amines) is 1. The van der Waals surface area contributed by atoms with Crippen LogP contribution in [0, 0.1) is 17.2 Å².